The number of rotatable bonds is 7. The van der Waals surface area contributed by atoms with Gasteiger partial charge in [0.15, 0.2) is 0 Å². The summed E-state index contributed by atoms with van der Waals surface area (Å²) in [5.41, 5.74) is 3.16. The average molecular weight is 421 g/mol. The van der Waals surface area contributed by atoms with Crippen molar-refractivity contribution in [3.05, 3.63) is 65.2 Å². The maximum Gasteiger partial charge on any atom is 0.325 e. The number of anilines is 1. The molecule has 1 unspecified atom stereocenters. The van der Waals surface area contributed by atoms with Gasteiger partial charge in [0, 0.05) is 25.3 Å². The van der Waals surface area contributed by atoms with Crippen molar-refractivity contribution in [2.24, 2.45) is 0 Å². The van der Waals surface area contributed by atoms with Crippen molar-refractivity contribution in [3.63, 3.8) is 0 Å². The lowest BCUT2D eigenvalue weighted by molar-refractivity contribution is -0.135. The van der Waals surface area contributed by atoms with Crippen LogP contribution in [0.5, 0.6) is 0 Å². The Bertz CT molecular complexity index is 1020. The first-order valence-electron chi connectivity index (χ1n) is 10.8. The summed E-state index contributed by atoms with van der Waals surface area (Å²) in [7, 11) is 0. The number of imide groups is 1. The molecule has 2 aliphatic rings. The summed E-state index contributed by atoms with van der Waals surface area (Å²) in [6, 6.07) is 15.4. The number of urea groups is 1. The van der Waals surface area contributed by atoms with Gasteiger partial charge in [-0.05, 0) is 55.5 Å². The Labute approximate surface area is 182 Å². The van der Waals surface area contributed by atoms with E-state index in [2.05, 4.69) is 28.5 Å². The average Bonchev–Trinajstić information content (AvgIpc) is 3.24. The lowest BCUT2D eigenvalue weighted by Gasteiger charge is -2.24. The van der Waals surface area contributed by atoms with E-state index in [4.69, 9.17) is 0 Å². The number of carbonyl (C=O) groups excluding carboxylic acids is 3. The van der Waals surface area contributed by atoms with Gasteiger partial charge in [0.25, 0.3) is 5.91 Å². The highest BCUT2D eigenvalue weighted by atomic mass is 16.2. The number of fused-ring (bicyclic) bond motifs is 2. The number of benzene rings is 2. The summed E-state index contributed by atoms with van der Waals surface area (Å²) in [5.74, 6) is -0.681. The number of nitrogens with one attached hydrogen (secondary N) is 2. The number of nitrogens with zero attached hydrogens (tertiary/aromatic N) is 2. The van der Waals surface area contributed by atoms with Crippen LogP contribution in [0.3, 0.4) is 0 Å². The summed E-state index contributed by atoms with van der Waals surface area (Å²) in [5, 5.41) is 5.69. The SMILES string of the molecule is CCN(CCNC(=O)CN1C(=O)NC2(CCc3ccccc32)C1=O)c1cccc(C)c1. The molecule has 1 atom stereocenters. The van der Waals surface area contributed by atoms with Crippen LogP contribution in [0.2, 0.25) is 0 Å². The fraction of sp³-hybridized carbons (Fsp3) is 0.375. The molecule has 1 spiro atoms. The molecule has 4 rings (SSSR count). The van der Waals surface area contributed by atoms with Gasteiger partial charge in [-0.25, -0.2) is 4.79 Å². The maximum absolute atomic E-state index is 13.1. The number of carbonyl (C=O) groups is 3. The standard InChI is InChI=1S/C24H28N4O3/c1-3-27(19-9-6-7-17(2)15-19)14-13-25-21(29)16-28-22(30)24(26-23(28)31)12-11-18-8-4-5-10-20(18)24/h4-10,15H,3,11-14,16H2,1-2H3,(H,25,29)(H,26,31). The summed E-state index contributed by atoms with van der Waals surface area (Å²) in [6.45, 7) is 5.73. The molecule has 1 heterocycles. The predicted octanol–water partition coefficient (Wildman–Crippen LogP) is 2.33. The highest BCUT2D eigenvalue weighted by molar-refractivity contribution is 6.09. The Morgan fingerprint density at radius 3 is 2.77 bits per heavy atom. The molecule has 0 radical (unpaired) electrons. The van der Waals surface area contributed by atoms with Crippen LogP contribution in [-0.2, 0) is 21.5 Å². The van der Waals surface area contributed by atoms with E-state index >= 15 is 0 Å². The molecule has 1 saturated heterocycles. The fourth-order valence-electron chi connectivity index (χ4n) is 4.56. The zero-order valence-corrected chi connectivity index (χ0v) is 18.0. The third-order valence-electron chi connectivity index (χ3n) is 6.18. The van der Waals surface area contributed by atoms with Gasteiger partial charge < -0.3 is 15.5 Å². The van der Waals surface area contributed by atoms with E-state index in [9.17, 15) is 14.4 Å². The van der Waals surface area contributed by atoms with Crippen LogP contribution in [0.25, 0.3) is 0 Å². The van der Waals surface area contributed by atoms with E-state index in [1.54, 1.807) is 0 Å². The van der Waals surface area contributed by atoms with Crippen LogP contribution in [-0.4, -0.2) is 48.9 Å². The predicted molar refractivity (Wildman–Crippen MR) is 119 cm³/mol. The second-order valence-corrected chi connectivity index (χ2v) is 8.15. The van der Waals surface area contributed by atoms with E-state index in [1.165, 1.54) is 5.56 Å². The molecule has 2 aromatic rings. The zero-order valence-electron chi connectivity index (χ0n) is 18.0. The molecular formula is C24H28N4O3. The molecule has 1 aliphatic heterocycles. The molecule has 0 aromatic heterocycles. The summed E-state index contributed by atoms with van der Waals surface area (Å²) >= 11 is 0. The van der Waals surface area contributed by atoms with E-state index in [-0.39, 0.29) is 18.4 Å². The quantitative estimate of drug-likeness (QED) is 0.674. The van der Waals surface area contributed by atoms with Crippen molar-refractivity contribution in [1.29, 1.82) is 0 Å². The molecule has 31 heavy (non-hydrogen) atoms. The highest BCUT2D eigenvalue weighted by Crippen LogP contribution is 2.41. The molecule has 1 aliphatic carbocycles. The number of hydrogen-bond donors (Lipinski definition) is 2. The van der Waals surface area contributed by atoms with Crippen molar-refractivity contribution >= 4 is 23.5 Å². The second-order valence-electron chi connectivity index (χ2n) is 8.15. The van der Waals surface area contributed by atoms with Gasteiger partial charge in [-0.15, -0.1) is 0 Å². The van der Waals surface area contributed by atoms with Gasteiger partial charge >= 0.3 is 6.03 Å². The first-order chi connectivity index (χ1) is 14.9. The Hall–Kier alpha value is -3.35. The summed E-state index contributed by atoms with van der Waals surface area (Å²) < 4.78 is 0. The van der Waals surface area contributed by atoms with Gasteiger partial charge in [0.05, 0.1) is 0 Å². The molecule has 7 nitrogen and oxygen atoms in total. The molecule has 1 fully saturated rings. The van der Waals surface area contributed by atoms with E-state index in [0.717, 1.165) is 34.7 Å². The Balaban J connectivity index is 1.35. The molecule has 162 valence electrons. The van der Waals surface area contributed by atoms with Crippen LogP contribution in [0.4, 0.5) is 10.5 Å². The lowest BCUT2D eigenvalue weighted by Crippen LogP contribution is -2.44. The monoisotopic (exact) mass is 420 g/mol. The first-order valence-corrected chi connectivity index (χ1v) is 10.8. The van der Waals surface area contributed by atoms with Crippen LogP contribution in [0.15, 0.2) is 48.5 Å². The smallest absolute Gasteiger partial charge is 0.325 e. The van der Waals surface area contributed by atoms with Crippen molar-refractivity contribution in [2.45, 2.75) is 32.2 Å². The summed E-state index contributed by atoms with van der Waals surface area (Å²) in [6.07, 6.45) is 1.25. The first kappa shape index (κ1) is 20.9. The van der Waals surface area contributed by atoms with Crippen molar-refractivity contribution in [2.75, 3.05) is 31.1 Å². The Kier molecular flexibility index (Phi) is 5.67. The van der Waals surface area contributed by atoms with Gasteiger partial charge in [0.1, 0.15) is 12.1 Å². The molecule has 2 N–H and O–H groups in total. The van der Waals surface area contributed by atoms with Gasteiger partial charge in [0.2, 0.25) is 5.91 Å². The van der Waals surface area contributed by atoms with E-state index in [0.29, 0.717) is 19.5 Å². The second kappa shape index (κ2) is 8.41. The topological polar surface area (TPSA) is 81.8 Å². The van der Waals surface area contributed by atoms with Crippen LogP contribution in [0, 0.1) is 6.92 Å². The third kappa shape index (κ3) is 3.87. The van der Waals surface area contributed by atoms with Gasteiger partial charge in [-0.1, -0.05) is 36.4 Å². The lowest BCUT2D eigenvalue weighted by atomic mass is 9.92. The van der Waals surface area contributed by atoms with Crippen molar-refractivity contribution in [1.82, 2.24) is 15.5 Å². The molecule has 2 aromatic carbocycles. The molecule has 4 amide bonds. The van der Waals surface area contributed by atoms with Crippen LogP contribution in [0.1, 0.15) is 30.0 Å². The zero-order chi connectivity index (χ0) is 22.0. The van der Waals surface area contributed by atoms with E-state index < -0.39 is 11.6 Å². The number of aryl methyl sites for hydroxylation is 2. The normalized spacial score (nSPS) is 19.5. The minimum atomic E-state index is -1.03. The minimum absolute atomic E-state index is 0.273. The third-order valence-corrected chi connectivity index (χ3v) is 6.18. The minimum Gasteiger partial charge on any atom is -0.370 e. The molecular weight excluding hydrogens is 392 g/mol. The fourth-order valence-corrected chi connectivity index (χ4v) is 4.56. The number of likely N-dealkylation sites (N-methyl/N-ethyl adjacent to an activating group) is 1. The Morgan fingerprint density at radius 1 is 1.19 bits per heavy atom. The van der Waals surface area contributed by atoms with E-state index in [1.807, 2.05) is 49.4 Å². The number of amides is 4. The van der Waals surface area contributed by atoms with Crippen molar-refractivity contribution in [3.8, 4) is 0 Å². The Morgan fingerprint density at radius 2 is 2.00 bits per heavy atom. The maximum atomic E-state index is 13.1. The summed E-state index contributed by atoms with van der Waals surface area (Å²) in [4.78, 5) is 41.4. The highest BCUT2D eigenvalue weighted by Gasteiger charge is 2.55. The van der Waals surface area contributed by atoms with Crippen molar-refractivity contribution < 1.29 is 14.4 Å². The van der Waals surface area contributed by atoms with Crippen LogP contribution < -0.4 is 15.5 Å². The van der Waals surface area contributed by atoms with Gasteiger partial charge in [-0.2, -0.15) is 0 Å². The molecule has 7 heteroatoms. The van der Waals surface area contributed by atoms with Gasteiger partial charge in [-0.3, -0.25) is 14.5 Å². The number of hydrogen-bond acceptors (Lipinski definition) is 4. The largest absolute Gasteiger partial charge is 0.370 e. The molecule has 0 bridgehead atoms. The van der Waals surface area contributed by atoms with Crippen LogP contribution >= 0.6 is 0 Å². The molecule has 0 saturated carbocycles.